The fourth-order valence-electron chi connectivity index (χ4n) is 3.12. The van der Waals surface area contributed by atoms with Gasteiger partial charge in [-0.25, -0.2) is 9.97 Å². The number of ether oxygens (including phenoxy) is 1. The minimum Gasteiger partial charge on any atom is -0.495 e. The largest absolute Gasteiger partial charge is 0.495 e. The van der Waals surface area contributed by atoms with E-state index in [1.54, 1.807) is 24.5 Å². The predicted octanol–water partition coefficient (Wildman–Crippen LogP) is 5.45. The Kier molecular flexibility index (Phi) is 5.19. The standard InChI is InChI=1S/C20H20ClN5OS/c1-4-6-14-17-18(26(2)25-14)20(24-19(23-17)16-7-5-10-28-16)22-12-8-9-13(21)15(11-12)27-3/h5,7-11H,4,6H2,1-3H3,(H,22,23,24). The summed E-state index contributed by atoms with van der Waals surface area (Å²) in [4.78, 5) is 10.7. The lowest BCUT2D eigenvalue weighted by molar-refractivity contribution is 0.415. The third-order valence-corrected chi connectivity index (χ3v) is 5.57. The van der Waals surface area contributed by atoms with Crippen LogP contribution in [0.1, 0.15) is 19.0 Å². The fourth-order valence-corrected chi connectivity index (χ4v) is 3.98. The van der Waals surface area contributed by atoms with Gasteiger partial charge in [0.2, 0.25) is 0 Å². The highest BCUT2D eigenvalue weighted by molar-refractivity contribution is 7.13. The molecule has 0 radical (unpaired) electrons. The monoisotopic (exact) mass is 413 g/mol. The first kappa shape index (κ1) is 18.7. The van der Waals surface area contributed by atoms with E-state index in [1.807, 2.05) is 41.4 Å². The molecular formula is C20H20ClN5OS. The van der Waals surface area contributed by atoms with Crippen LogP contribution in [0.25, 0.3) is 21.7 Å². The molecule has 1 aromatic carbocycles. The van der Waals surface area contributed by atoms with Crippen LogP contribution in [0.15, 0.2) is 35.7 Å². The number of thiophene rings is 1. The summed E-state index contributed by atoms with van der Waals surface area (Å²) in [6, 6.07) is 9.57. The number of fused-ring (bicyclic) bond motifs is 1. The molecule has 3 aromatic heterocycles. The summed E-state index contributed by atoms with van der Waals surface area (Å²) in [7, 11) is 3.52. The zero-order valence-corrected chi connectivity index (χ0v) is 17.4. The summed E-state index contributed by atoms with van der Waals surface area (Å²) in [5, 5.41) is 10.7. The first-order valence-electron chi connectivity index (χ1n) is 8.98. The van der Waals surface area contributed by atoms with Crippen LogP contribution in [0, 0.1) is 0 Å². The normalized spacial score (nSPS) is 11.1. The number of hydrogen-bond donors (Lipinski definition) is 1. The van der Waals surface area contributed by atoms with Crippen molar-refractivity contribution in [3.8, 4) is 16.5 Å². The lowest BCUT2D eigenvalue weighted by Gasteiger charge is -2.11. The number of rotatable bonds is 6. The van der Waals surface area contributed by atoms with Gasteiger partial charge in [0.25, 0.3) is 0 Å². The third kappa shape index (κ3) is 3.43. The summed E-state index contributed by atoms with van der Waals surface area (Å²) in [5.41, 5.74) is 3.57. The molecule has 144 valence electrons. The molecule has 8 heteroatoms. The highest BCUT2D eigenvalue weighted by atomic mass is 35.5. The Labute approximate surface area is 172 Å². The van der Waals surface area contributed by atoms with Gasteiger partial charge in [-0.15, -0.1) is 11.3 Å². The maximum atomic E-state index is 6.16. The van der Waals surface area contributed by atoms with E-state index in [9.17, 15) is 0 Å². The number of hydrogen-bond acceptors (Lipinski definition) is 6. The summed E-state index contributed by atoms with van der Waals surface area (Å²) in [6.07, 6.45) is 1.87. The van der Waals surface area contributed by atoms with Crippen molar-refractivity contribution < 1.29 is 4.74 Å². The van der Waals surface area contributed by atoms with Crippen molar-refractivity contribution in [1.82, 2.24) is 19.7 Å². The van der Waals surface area contributed by atoms with Gasteiger partial charge in [0, 0.05) is 18.8 Å². The molecule has 0 aliphatic rings. The van der Waals surface area contributed by atoms with Crippen LogP contribution in [0.3, 0.4) is 0 Å². The quantitative estimate of drug-likeness (QED) is 0.455. The van der Waals surface area contributed by atoms with Crippen molar-refractivity contribution in [2.45, 2.75) is 19.8 Å². The molecule has 0 atom stereocenters. The van der Waals surface area contributed by atoms with E-state index in [4.69, 9.17) is 26.3 Å². The number of methoxy groups -OCH3 is 1. The van der Waals surface area contributed by atoms with E-state index < -0.39 is 0 Å². The SMILES string of the molecule is CCCc1nn(C)c2c(Nc3ccc(Cl)c(OC)c3)nc(-c3cccs3)nc12. The van der Waals surface area contributed by atoms with Gasteiger partial charge < -0.3 is 10.1 Å². The molecule has 1 N–H and O–H groups in total. The minimum absolute atomic E-state index is 0.561. The van der Waals surface area contributed by atoms with Crippen LogP contribution in [0.2, 0.25) is 5.02 Å². The second kappa shape index (κ2) is 7.77. The van der Waals surface area contributed by atoms with Crippen molar-refractivity contribution >= 4 is 45.5 Å². The molecule has 6 nitrogen and oxygen atoms in total. The fraction of sp³-hybridized carbons (Fsp3) is 0.250. The minimum atomic E-state index is 0.561. The van der Waals surface area contributed by atoms with E-state index in [1.165, 1.54) is 0 Å². The molecule has 0 saturated heterocycles. The number of halogens is 1. The lowest BCUT2D eigenvalue weighted by Crippen LogP contribution is -2.01. The van der Waals surface area contributed by atoms with Crippen molar-refractivity contribution in [2.75, 3.05) is 12.4 Å². The zero-order chi connectivity index (χ0) is 19.7. The van der Waals surface area contributed by atoms with E-state index in [0.717, 1.165) is 40.1 Å². The maximum Gasteiger partial charge on any atom is 0.172 e. The van der Waals surface area contributed by atoms with E-state index in [2.05, 4.69) is 17.3 Å². The smallest absolute Gasteiger partial charge is 0.172 e. The number of anilines is 2. The number of nitrogens with zero attached hydrogens (tertiary/aromatic N) is 4. The van der Waals surface area contributed by atoms with Crippen molar-refractivity contribution in [1.29, 1.82) is 0 Å². The summed E-state index contributed by atoms with van der Waals surface area (Å²) in [5.74, 6) is 2.00. The third-order valence-electron chi connectivity index (χ3n) is 4.39. The molecule has 0 saturated carbocycles. The van der Waals surface area contributed by atoms with Crippen molar-refractivity contribution in [3.63, 3.8) is 0 Å². The Balaban J connectivity index is 1.88. The average molecular weight is 414 g/mol. The first-order chi connectivity index (χ1) is 13.6. The Bertz CT molecular complexity index is 1120. The van der Waals surface area contributed by atoms with Gasteiger partial charge in [0.1, 0.15) is 16.8 Å². The molecule has 0 aliphatic carbocycles. The molecule has 0 amide bonds. The summed E-state index contributed by atoms with van der Waals surface area (Å²) >= 11 is 7.78. The zero-order valence-electron chi connectivity index (χ0n) is 15.9. The van der Waals surface area contributed by atoms with Gasteiger partial charge in [0.05, 0.1) is 22.7 Å². The summed E-state index contributed by atoms with van der Waals surface area (Å²) in [6.45, 7) is 2.14. The molecular weight excluding hydrogens is 394 g/mol. The van der Waals surface area contributed by atoms with E-state index in [-0.39, 0.29) is 0 Å². The summed E-state index contributed by atoms with van der Waals surface area (Å²) < 4.78 is 7.17. The number of aryl methyl sites for hydroxylation is 2. The van der Waals surface area contributed by atoms with Gasteiger partial charge in [-0.05, 0) is 30.0 Å². The van der Waals surface area contributed by atoms with Gasteiger partial charge in [-0.2, -0.15) is 5.10 Å². The highest BCUT2D eigenvalue weighted by Gasteiger charge is 2.18. The second-order valence-electron chi connectivity index (χ2n) is 6.36. The number of aromatic nitrogens is 4. The van der Waals surface area contributed by atoms with Crippen LogP contribution in [-0.2, 0) is 13.5 Å². The van der Waals surface area contributed by atoms with Crippen molar-refractivity contribution in [2.24, 2.45) is 7.05 Å². The van der Waals surface area contributed by atoms with E-state index >= 15 is 0 Å². The first-order valence-corrected chi connectivity index (χ1v) is 10.2. The van der Waals surface area contributed by atoms with Crippen LogP contribution in [0.5, 0.6) is 5.75 Å². The predicted molar refractivity (Wildman–Crippen MR) is 115 cm³/mol. The van der Waals surface area contributed by atoms with Gasteiger partial charge >= 0.3 is 0 Å². The Morgan fingerprint density at radius 2 is 2.11 bits per heavy atom. The van der Waals surface area contributed by atoms with Gasteiger partial charge in [0.15, 0.2) is 11.6 Å². The molecule has 28 heavy (non-hydrogen) atoms. The molecule has 0 aliphatic heterocycles. The molecule has 0 spiro atoms. The highest BCUT2D eigenvalue weighted by Crippen LogP contribution is 2.33. The van der Waals surface area contributed by atoms with Crippen LogP contribution < -0.4 is 10.1 Å². The Morgan fingerprint density at radius 3 is 2.82 bits per heavy atom. The molecule has 4 aromatic rings. The number of nitrogens with one attached hydrogen (secondary N) is 1. The molecule has 0 unspecified atom stereocenters. The lowest BCUT2D eigenvalue weighted by atomic mass is 10.2. The van der Waals surface area contributed by atoms with Crippen LogP contribution in [-0.4, -0.2) is 26.9 Å². The van der Waals surface area contributed by atoms with Gasteiger partial charge in [-0.1, -0.05) is 31.0 Å². The Hall–Kier alpha value is -2.64. The van der Waals surface area contributed by atoms with Crippen LogP contribution >= 0.6 is 22.9 Å². The molecule has 4 rings (SSSR count). The average Bonchev–Trinajstić information content (AvgIpc) is 3.32. The Morgan fingerprint density at radius 1 is 1.25 bits per heavy atom. The molecule has 3 heterocycles. The topological polar surface area (TPSA) is 64.9 Å². The second-order valence-corrected chi connectivity index (χ2v) is 7.72. The van der Waals surface area contributed by atoms with Crippen LogP contribution in [0.4, 0.5) is 11.5 Å². The molecule has 0 fully saturated rings. The van der Waals surface area contributed by atoms with Crippen molar-refractivity contribution in [3.05, 3.63) is 46.4 Å². The number of benzene rings is 1. The van der Waals surface area contributed by atoms with E-state index in [0.29, 0.717) is 22.4 Å². The molecule has 0 bridgehead atoms. The maximum absolute atomic E-state index is 6.16. The van der Waals surface area contributed by atoms with Gasteiger partial charge in [-0.3, -0.25) is 4.68 Å².